The van der Waals surface area contributed by atoms with E-state index in [-0.39, 0.29) is 24.0 Å². The number of guanidine groups is 1. The van der Waals surface area contributed by atoms with Crippen molar-refractivity contribution in [2.45, 2.75) is 32.4 Å². The normalized spacial score (nSPS) is 15.9. The van der Waals surface area contributed by atoms with Gasteiger partial charge in [-0.2, -0.15) is 0 Å². The van der Waals surface area contributed by atoms with Crippen LogP contribution in [0.3, 0.4) is 0 Å². The molecule has 5 nitrogen and oxygen atoms in total. The second-order valence-electron chi connectivity index (χ2n) is 6.75. The molecule has 1 aliphatic heterocycles. The highest BCUT2D eigenvalue weighted by atomic mass is 127. The van der Waals surface area contributed by atoms with Gasteiger partial charge in [-0.05, 0) is 50.6 Å². The van der Waals surface area contributed by atoms with Crippen LogP contribution in [0, 0.1) is 6.92 Å². The van der Waals surface area contributed by atoms with Gasteiger partial charge in [0.25, 0.3) is 0 Å². The number of rotatable bonds is 6. The van der Waals surface area contributed by atoms with Crippen molar-refractivity contribution in [2.75, 3.05) is 26.7 Å². The van der Waals surface area contributed by atoms with Crippen molar-refractivity contribution in [3.8, 4) is 0 Å². The maximum atomic E-state index is 4.53. The smallest absolute Gasteiger partial charge is 0.191 e. The number of halogens is 1. The van der Waals surface area contributed by atoms with Gasteiger partial charge in [0.05, 0.1) is 18.3 Å². The molecule has 0 amide bonds. The molecule has 1 aromatic heterocycles. The molecule has 146 valence electrons. The predicted molar refractivity (Wildman–Crippen MR) is 123 cm³/mol. The van der Waals surface area contributed by atoms with Crippen LogP contribution in [0.5, 0.6) is 0 Å². The van der Waals surface area contributed by atoms with Gasteiger partial charge in [-0.25, -0.2) is 0 Å². The topological polar surface area (TPSA) is 52.6 Å². The van der Waals surface area contributed by atoms with Crippen molar-refractivity contribution in [1.82, 2.24) is 20.5 Å². The van der Waals surface area contributed by atoms with Gasteiger partial charge in [0.1, 0.15) is 0 Å². The second-order valence-corrected chi connectivity index (χ2v) is 6.75. The van der Waals surface area contributed by atoms with E-state index < -0.39 is 0 Å². The molecular formula is C21H30IN5. The highest BCUT2D eigenvalue weighted by Crippen LogP contribution is 2.24. The molecule has 2 N–H and O–H groups in total. The minimum absolute atomic E-state index is 0. The van der Waals surface area contributed by atoms with Crippen LogP contribution < -0.4 is 10.6 Å². The molecule has 0 saturated carbocycles. The minimum Gasteiger partial charge on any atom is -0.354 e. The SMILES string of the molecule is CN=C(NCc1cccc(C)n1)NCC(c1ccccc1)N1CCCC1.I. The van der Waals surface area contributed by atoms with E-state index in [9.17, 15) is 0 Å². The lowest BCUT2D eigenvalue weighted by Gasteiger charge is -2.29. The maximum Gasteiger partial charge on any atom is 0.191 e. The van der Waals surface area contributed by atoms with Gasteiger partial charge in [-0.3, -0.25) is 14.9 Å². The molecule has 1 aromatic carbocycles. The fourth-order valence-electron chi connectivity index (χ4n) is 3.47. The highest BCUT2D eigenvalue weighted by Gasteiger charge is 2.23. The van der Waals surface area contributed by atoms with Gasteiger partial charge < -0.3 is 10.6 Å². The fourth-order valence-corrected chi connectivity index (χ4v) is 3.47. The van der Waals surface area contributed by atoms with Crippen molar-refractivity contribution in [2.24, 2.45) is 4.99 Å². The van der Waals surface area contributed by atoms with Crippen molar-refractivity contribution in [3.05, 3.63) is 65.5 Å². The Kier molecular flexibility index (Phi) is 9.00. The minimum atomic E-state index is 0. The van der Waals surface area contributed by atoms with Crippen LogP contribution in [-0.4, -0.2) is 42.5 Å². The summed E-state index contributed by atoms with van der Waals surface area (Å²) in [5.74, 6) is 0.813. The lowest BCUT2D eigenvalue weighted by molar-refractivity contribution is 0.245. The van der Waals surface area contributed by atoms with Gasteiger partial charge in [-0.15, -0.1) is 24.0 Å². The van der Waals surface area contributed by atoms with Gasteiger partial charge >= 0.3 is 0 Å². The van der Waals surface area contributed by atoms with Gasteiger partial charge in [-0.1, -0.05) is 36.4 Å². The Bertz CT molecular complexity index is 714. The number of pyridine rings is 1. The number of aryl methyl sites for hydroxylation is 1. The van der Waals surface area contributed by atoms with Gasteiger partial charge in [0, 0.05) is 19.3 Å². The Hall–Kier alpha value is -1.67. The first-order valence-corrected chi connectivity index (χ1v) is 9.42. The van der Waals surface area contributed by atoms with Gasteiger partial charge in [0.15, 0.2) is 5.96 Å². The molecule has 3 rings (SSSR count). The summed E-state index contributed by atoms with van der Waals surface area (Å²) in [6, 6.07) is 17.2. The molecule has 1 aliphatic rings. The van der Waals surface area contributed by atoms with E-state index in [1.807, 2.05) is 32.2 Å². The fraction of sp³-hybridized carbons (Fsp3) is 0.429. The molecule has 0 aliphatic carbocycles. The molecule has 1 unspecified atom stereocenters. The zero-order chi connectivity index (χ0) is 18.2. The summed E-state index contributed by atoms with van der Waals surface area (Å²) in [7, 11) is 1.81. The summed E-state index contributed by atoms with van der Waals surface area (Å²) >= 11 is 0. The van der Waals surface area contributed by atoms with Crippen LogP contribution in [0.2, 0.25) is 0 Å². The Morgan fingerprint density at radius 3 is 2.48 bits per heavy atom. The molecule has 1 saturated heterocycles. The standard InChI is InChI=1S/C21H29N5.HI/c1-17-9-8-12-19(25-17)15-23-21(22-2)24-16-20(26-13-6-7-14-26)18-10-4-3-5-11-18;/h3-5,8-12,20H,6-7,13-16H2,1-2H3,(H2,22,23,24);1H. The van der Waals surface area contributed by atoms with E-state index in [1.165, 1.54) is 31.5 Å². The highest BCUT2D eigenvalue weighted by molar-refractivity contribution is 14.0. The van der Waals surface area contributed by atoms with E-state index in [0.29, 0.717) is 12.6 Å². The van der Waals surface area contributed by atoms with Crippen LogP contribution in [0.4, 0.5) is 0 Å². The third-order valence-electron chi connectivity index (χ3n) is 4.84. The summed E-state index contributed by atoms with van der Waals surface area (Å²) in [6.07, 6.45) is 2.57. The average Bonchev–Trinajstić information content (AvgIpc) is 3.20. The number of benzene rings is 1. The molecule has 0 spiro atoms. The summed E-state index contributed by atoms with van der Waals surface area (Å²) in [5, 5.41) is 6.87. The number of aliphatic imine (C=N–C) groups is 1. The summed E-state index contributed by atoms with van der Waals surface area (Å²) in [6.45, 7) is 5.85. The number of hydrogen-bond acceptors (Lipinski definition) is 3. The number of likely N-dealkylation sites (tertiary alicyclic amines) is 1. The molecule has 2 heterocycles. The summed E-state index contributed by atoms with van der Waals surface area (Å²) < 4.78 is 0. The Labute approximate surface area is 179 Å². The number of aromatic nitrogens is 1. The first kappa shape index (κ1) is 21.6. The van der Waals surface area contributed by atoms with Crippen LogP contribution in [-0.2, 0) is 6.54 Å². The van der Waals surface area contributed by atoms with Crippen LogP contribution in [0.1, 0.15) is 35.8 Å². The molecule has 27 heavy (non-hydrogen) atoms. The molecule has 6 heteroatoms. The van der Waals surface area contributed by atoms with Crippen LogP contribution in [0.15, 0.2) is 53.5 Å². The third-order valence-corrected chi connectivity index (χ3v) is 4.84. The lowest BCUT2D eigenvalue weighted by atomic mass is 10.1. The molecule has 1 fully saturated rings. The zero-order valence-corrected chi connectivity index (χ0v) is 18.5. The van der Waals surface area contributed by atoms with Crippen molar-refractivity contribution >= 4 is 29.9 Å². The lowest BCUT2D eigenvalue weighted by Crippen LogP contribution is -2.42. The number of hydrogen-bond donors (Lipinski definition) is 2. The van der Waals surface area contributed by atoms with E-state index in [4.69, 9.17) is 0 Å². The quantitative estimate of drug-likeness (QED) is 0.379. The van der Waals surface area contributed by atoms with Crippen molar-refractivity contribution in [3.63, 3.8) is 0 Å². The largest absolute Gasteiger partial charge is 0.354 e. The molecular weight excluding hydrogens is 449 g/mol. The van der Waals surface area contributed by atoms with Gasteiger partial charge in [0.2, 0.25) is 0 Å². The van der Waals surface area contributed by atoms with Crippen molar-refractivity contribution < 1.29 is 0 Å². The zero-order valence-electron chi connectivity index (χ0n) is 16.2. The van der Waals surface area contributed by atoms with Crippen LogP contribution in [0.25, 0.3) is 0 Å². The van der Waals surface area contributed by atoms with E-state index in [0.717, 1.165) is 23.9 Å². The molecule has 1 atom stereocenters. The second kappa shape index (κ2) is 11.2. The summed E-state index contributed by atoms with van der Waals surface area (Å²) in [4.78, 5) is 11.5. The third kappa shape index (κ3) is 6.46. The van der Waals surface area contributed by atoms with E-state index >= 15 is 0 Å². The Morgan fingerprint density at radius 2 is 1.81 bits per heavy atom. The predicted octanol–water partition coefficient (Wildman–Crippen LogP) is 3.51. The Balaban J connectivity index is 0.00000261. The number of nitrogens with one attached hydrogen (secondary N) is 2. The summed E-state index contributed by atoms with van der Waals surface area (Å²) in [5.41, 5.74) is 3.41. The maximum absolute atomic E-state index is 4.53. The molecule has 2 aromatic rings. The van der Waals surface area contributed by atoms with Crippen LogP contribution >= 0.6 is 24.0 Å². The first-order valence-electron chi connectivity index (χ1n) is 9.42. The monoisotopic (exact) mass is 479 g/mol. The number of nitrogens with zero attached hydrogens (tertiary/aromatic N) is 3. The average molecular weight is 479 g/mol. The van der Waals surface area contributed by atoms with Crippen molar-refractivity contribution in [1.29, 1.82) is 0 Å². The van der Waals surface area contributed by atoms with E-state index in [2.05, 4.69) is 55.8 Å². The Morgan fingerprint density at radius 1 is 1.07 bits per heavy atom. The first-order chi connectivity index (χ1) is 12.8. The molecule has 0 bridgehead atoms. The van der Waals surface area contributed by atoms with E-state index in [1.54, 1.807) is 0 Å². The molecule has 0 radical (unpaired) electrons.